The summed E-state index contributed by atoms with van der Waals surface area (Å²) in [6.45, 7) is 0. The third-order valence-electron chi connectivity index (χ3n) is 4.07. The quantitative estimate of drug-likeness (QED) is 0.255. The van der Waals surface area contributed by atoms with E-state index in [9.17, 15) is 30.0 Å². The lowest BCUT2D eigenvalue weighted by molar-refractivity contribution is -0.121. The van der Waals surface area contributed by atoms with Gasteiger partial charge in [0.2, 0.25) is 11.8 Å². The molecule has 0 atom stereocenters. The van der Waals surface area contributed by atoms with E-state index in [4.69, 9.17) is 0 Å². The largest absolute Gasteiger partial charge is 0.506 e. The highest BCUT2D eigenvalue weighted by Gasteiger charge is 2.16. The summed E-state index contributed by atoms with van der Waals surface area (Å²) in [7, 11) is 0. The number of aromatic hydroxyl groups is 4. The van der Waals surface area contributed by atoms with Crippen molar-refractivity contribution in [1.29, 1.82) is 0 Å². The number of nitrogens with one attached hydrogen (secondary N) is 2. The average molecular weight is 446 g/mol. The lowest BCUT2D eigenvalue weighted by Crippen LogP contribution is -2.17. The minimum absolute atomic E-state index is 0.0620. The Bertz CT molecular complexity index is 1120. The molecule has 0 spiro atoms. The van der Waals surface area contributed by atoms with Gasteiger partial charge in [-0.3, -0.25) is 9.59 Å². The van der Waals surface area contributed by atoms with Crippen molar-refractivity contribution in [2.45, 2.75) is 12.8 Å². The van der Waals surface area contributed by atoms with Gasteiger partial charge in [0.15, 0.2) is 10.3 Å². The summed E-state index contributed by atoms with van der Waals surface area (Å²) >= 11 is 2.00. The first kappa shape index (κ1) is 19.7. The summed E-state index contributed by atoms with van der Waals surface area (Å²) in [5, 5.41) is 44.6. The van der Waals surface area contributed by atoms with Gasteiger partial charge in [-0.2, -0.15) is 0 Å². The first-order valence-corrected chi connectivity index (χ1v) is 10.2. The normalized spacial score (nSPS) is 11.1. The predicted octanol–water partition coefficient (Wildman–Crippen LogP) is 3.09. The van der Waals surface area contributed by atoms with Crippen LogP contribution in [0.2, 0.25) is 0 Å². The summed E-state index contributed by atoms with van der Waals surface area (Å²) in [5.74, 6) is -1.30. The summed E-state index contributed by atoms with van der Waals surface area (Å²) in [5.41, 5.74) is 0.353. The topological polar surface area (TPSA) is 165 Å². The summed E-state index contributed by atoms with van der Waals surface area (Å²) in [6.07, 6.45) is -0.276. The molecule has 2 aromatic carbocycles. The molecule has 0 fully saturated rings. The van der Waals surface area contributed by atoms with Gasteiger partial charge in [0.1, 0.15) is 43.4 Å². The molecule has 12 heteroatoms. The van der Waals surface area contributed by atoms with Crippen LogP contribution in [0.25, 0.3) is 20.4 Å². The van der Waals surface area contributed by atoms with Crippen molar-refractivity contribution >= 4 is 65.2 Å². The van der Waals surface area contributed by atoms with Gasteiger partial charge in [0, 0.05) is 12.8 Å². The van der Waals surface area contributed by atoms with Gasteiger partial charge >= 0.3 is 0 Å². The monoisotopic (exact) mass is 446 g/mol. The van der Waals surface area contributed by atoms with Gasteiger partial charge in [0.05, 0.1) is 0 Å². The molecular weight excluding hydrogens is 432 g/mol. The van der Waals surface area contributed by atoms with Gasteiger partial charge in [-0.05, 0) is 24.3 Å². The number of thiazole rings is 2. The molecule has 4 rings (SSSR count). The number of carbonyl (C=O) groups is 2. The summed E-state index contributed by atoms with van der Waals surface area (Å²) in [4.78, 5) is 32.4. The van der Waals surface area contributed by atoms with E-state index in [1.54, 1.807) is 0 Å². The second-order valence-electron chi connectivity index (χ2n) is 6.20. The van der Waals surface area contributed by atoms with Crippen molar-refractivity contribution in [3.05, 3.63) is 24.3 Å². The number of nitrogens with zero attached hydrogens (tertiary/aromatic N) is 2. The highest BCUT2D eigenvalue weighted by molar-refractivity contribution is 7.23. The molecule has 0 aliphatic heterocycles. The molecule has 10 nitrogen and oxygen atoms in total. The van der Waals surface area contributed by atoms with Crippen LogP contribution in [0.5, 0.6) is 23.0 Å². The predicted molar refractivity (Wildman–Crippen MR) is 112 cm³/mol. The molecule has 0 aliphatic rings. The van der Waals surface area contributed by atoms with E-state index in [0.717, 1.165) is 22.7 Å². The standard InChI is InChI=1S/C18H14N4O6S2/c23-7-1-3-9(25)15-13(7)21-17(29-15)19-11(27)5-6-12(28)20-18-22-14-8(24)2-4-10(26)16(14)30-18/h1-4,23-26H,5-6H2,(H,19,21,27)(H,20,22,28). The van der Waals surface area contributed by atoms with E-state index in [1.165, 1.54) is 24.3 Å². The van der Waals surface area contributed by atoms with E-state index >= 15 is 0 Å². The number of phenolic OH excluding ortho intramolecular Hbond substituents is 4. The highest BCUT2D eigenvalue weighted by Crippen LogP contribution is 2.38. The maximum atomic E-state index is 12.1. The number of carbonyl (C=O) groups excluding carboxylic acids is 2. The van der Waals surface area contributed by atoms with Gasteiger partial charge in [0.25, 0.3) is 0 Å². The van der Waals surface area contributed by atoms with Crippen molar-refractivity contribution in [3.8, 4) is 23.0 Å². The molecule has 30 heavy (non-hydrogen) atoms. The molecule has 0 unspecified atom stereocenters. The van der Waals surface area contributed by atoms with Crippen LogP contribution >= 0.6 is 22.7 Å². The molecule has 4 aromatic rings. The molecule has 2 heterocycles. The van der Waals surface area contributed by atoms with Crippen LogP contribution < -0.4 is 10.6 Å². The van der Waals surface area contributed by atoms with Crippen molar-refractivity contribution in [3.63, 3.8) is 0 Å². The SMILES string of the molecule is O=C(CCC(=O)Nc1nc2c(O)ccc(O)c2s1)Nc1nc2c(O)ccc(O)c2s1. The lowest BCUT2D eigenvalue weighted by atomic mass is 10.3. The zero-order valence-corrected chi connectivity index (χ0v) is 16.7. The number of anilines is 2. The Hall–Kier alpha value is -3.64. The maximum Gasteiger partial charge on any atom is 0.226 e. The second kappa shape index (κ2) is 7.65. The van der Waals surface area contributed by atoms with Crippen molar-refractivity contribution in [2.24, 2.45) is 0 Å². The number of amides is 2. The number of rotatable bonds is 5. The van der Waals surface area contributed by atoms with Gasteiger partial charge in [-0.15, -0.1) is 0 Å². The summed E-state index contributed by atoms with van der Waals surface area (Å²) in [6, 6.07) is 5.25. The Morgan fingerprint density at radius 2 is 1.07 bits per heavy atom. The zero-order valence-electron chi connectivity index (χ0n) is 15.0. The van der Waals surface area contributed by atoms with Gasteiger partial charge in [-0.25, -0.2) is 9.97 Å². The minimum atomic E-state index is -0.470. The van der Waals surface area contributed by atoms with E-state index < -0.39 is 11.8 Å². The van der Waals surface area contributed by atoms with E-state index in [2.05, 4.69) is 20.6 Å². The van der Waals surface area contributed by atoms with E-state index in [1.807, 2.05) is 0 Å². The Morgan fingerprint density at radius 3 is 1.43 bits per heavy atom. The first-order valence-electron chi connectivity index (χ1n) is 8.54. The molecule has 0 aliphatic carbocycles. The van der Waals surface area contributed by atoms with Crippen LogP contribution in [0.1, 0.15) is 12.8 Å². The third kappa shape index (κ3) is 3.77. The Morgan fingerprint density at radius 1 is 0.700 bits per heavy atom. The fourth-order valence-electron chi connectivity index (χ4n) is 2.66. The minimum Gasteiger partial charge on any atom is -0.506 e. The number of fused-ring (bicyclic) bond motifs is 2. The Labute approximate surface area is 176 Å². The smallest absolute Gasteiger partial charge is 0.226 e. The van der Waals surface area contributed by atoms with Crippen LogP contribution in [0.15, 0.2) is 24.3 Å². The molecule has 2 amide bonds. The van der Waals surface area contributed by atoms with Crippen LogP contribution in [-0.2, 0) is 9.59 Å². The number of phenols is 4. The van der Waals surface area contributed by atoms with Crippen LogP contribution in [-0.4, -0.2) is 42.2 Å². The number of aromatic nitrogens is 2. The third-order valence-corrected chi connectivity index (χ3v) is 6.06. The van der Waals surface area contributed by atoms with Crippen LogP contribution in [0.4, 0.5) is 10.3 Å². The number of hydrogen-bond donors (Lipinski definition) is 6. The fraction of sp³-hybridized carbons (Fsp3) is 0.111. The molecule has 154 valence electrons. The molecule has 0 radical (unpaired) electrons. The van der Waals surface area contributed by atoms with Crippen molar-refractivity contribution in [1.82, 2.24) is 9.97 Å². The first-order chi connectivity index (χ1) is 14.3. The summed E-state index contributed by atoms with van der Waals surface area (Å²) < 4.78 is 0.677. The molecule has 0 bridgehead atoms. The molecule has 2 aromatic heterocycles. The number of benzene rings is 2. The highest BCUT2D eigenvalue weighted by atomic mass is 32.1. The van der Waals surface area contributed by atoms with Gasteiger partial charge in [-0.1, -0.05) is 22.7 Å². The second-order valence-corrected chi connectivity index (χ2v) is 8.20. The zero-order chi connectivity index (χ0) is 21.4. The molecule has 0 saturated carbocycles. The Kier molecular flexibility index (Phi) is 5.01. The van der Waals surface area contributed by atoms with E-state index in [-0.39, 0.29) is 57.1 Å². The lowest BCUT2D eigenvalue weighted by Gasteiger charge is -2.02. The molecular formula is C18H14N4O6S2. The molecule has 0 saturated heterocycles. The fourth-order valence-corrected chi connectivity index (χ4v) is 4.49. The maximum absolute atomic E-state index is 12.1. The van der Waals surface area contributed by atoms with Gasteiger partial charge < -0.3 is 31.1 Å². The number of hydrogen-bond acceptors (Lipinski definition) is 10. The van der Waals surface area contributed by atoms with Crippen LogP contribution in [0.3, 0.4) is 0 Å². The molecule has 6 N–H and O–H groups in total. The van der Waals surface area contributed by atoms with Crippen molar-refractivity contribution in [2.75, 3.05) is 10.6 Å². The average Bonchev–Trinajstić information content (AvgIpc) is 3.32. The Balaban J connectivity index is 1.37. The van der Waals surface area contributed by atoms with Crippen LogP contribution in [0, 0.1) is 0 Å². The van der Waals surface area contributed by atoms with Crippen molar-refractivity contribution < 1.29 is 30.0 Å². The van der Waals surface area contributed by atoms with E-state index in [0.29, 0.717) is 9.40 Å².